The van der Waals surface area contributed by atoms with Crippen molar-refractivity contribution in [1.29, 1.82) is 0 Å². The number of carbonyl (C=O) groups excluding carboxylic acids is 1. The summed E-state index contributed by atoms with van der Waals surface area (Å²) in [6, 6.07) is 3.85. The van der Waals surface area contributed by atoms with Gasteiger partial charge in [0.05, 0.1) is 6.04 Å². The van der Waals surface area contributed by atoms with Gasteiger partial charge in [-0.15, -0.1) is 0 Å². The highest BCUT2D eigenvalue weighted by Crippen LogP contribution is 2.19. The normalized spacial score (nSPS) is 20.4. The lowest BCUT2D eigenvalue weighted by molar-refractivity contribution is -0.122. The van der Waals surface area contributed by atoms with Gasteiger partial charge >= 0.3 is 0 Å². The van der Waals surface area contributed by atoms with E-state index in [2.05, 4.69) is 15.2 Å². The lowest BCUT2D eigenvalue weighted by atomic mass is 10.2. The van der Waals surface area contributed by atoms with Crippen molar-refractivity contribution < 1.29 is 4.79 Å². The smallest absolute Gasteiger partial charge is 0.234 e. The number of hydrogen-bond donors (Lipinski definition) is 2. The van der Waals surface area contributed by atoms with Crippen LogP contribution >= 0.6 is 0 Å². The summed E-state index contributed by atoms with van der Waals surface area (Å²) in [4.78, 5) is 17.6. The van der Waals surface area contributed by atoms with Crippen molar-refractivity contribution >= 4 is 11.7 Å². The number of aromatic nitrogens is 1. The number of hydrogen-bond acceptors (Lipinski definition) is 4. The molecular formula is C12H18N4O. The van der Waals surface area contributed by atoms with Crippen molar-refractivity contribution in [3.8, 4) is 0 Å². The van der Waals surface area contributed by atoms with E-state index >= 15 is 0 Å². The quantitative estimate of drug-likeness (QED) is 0.799. The lowest BCUT2D eigenvalue weighted by Gasteiger charge is -2.21. The van der Waals surface area contributed by atoms with Crippen LogP contribution in [0, 0.1) is 0 Å². The average Bonchev–Trinajstić information content (AvgIpc) is 2.78. The van der Waals surface area contributed by atoms with Gasteiger partial charge in [0.25, 0.3) is 0 Å². The van der Waals surface area contributed by atoms with Gasteiger partial charge in [-0.1, -0.05) is 6.07 Å². The summed E-state index contributed by atoms with van der Waals surface area (Å²) in [5, 5.41) is 2.98. The maximum absolute atomic E-state index is 11.3. The van der Waals surface area contributed by atoms with Gasteiger partial charge in [0, 0.05) is 19.8 Å². The van der Waals surface area contributed by atoms with Crippen molar-refractivity contribution in [2.45, 2.75) is 25.4 Å². The largest absolute Gasteiger partial charge is 0.373 e. The van der Waals surface area contributed by atoms with Crippen molar-refractivity contribution in [3.63, 3.8) is 0 Å². The van der Waals surface area contributed by atoms with E-state index in [1.807, 2.05) is 25.4 Å². The Balaban J connectivity index is 2.02. The van der Waals surface area contributed by atoms with Crippen molar-refractivity contribution in [1.82, 2.24) is 9.88 Å². The summed E-state index contributed by atoms with van der Waals surface area (Å²) in [6.45, 7) is 1.67. The number of rotatable bonds is 4. The van der Waals surface area contributed by atoms with Gasteiger partial charge in [0.15, 0.2) is 0 Å². The molecule has 5 nitrogen and oxygen atoms in total. The van der Waals surface area contributed by atoms with Crippen LogP contribution in [0.3, 0.4) is 0 Å². The minimum atomic E-state index is -0.220. The summed E-state index contributed by atoms with van der Waals surface area (Å²) in [7, 11) is 1.84. The Kier molecular flexibility index (Phi) is 3.58. The molecule has 17 heavy (non-hydrogen) atoms. The van der Waals surface area contributed by atoms with Gasteiger partial charge in [-0.2, -0.15) is 0 Å². The minimum absolute atomic E-state index is 0.112. The van der Waals surface area contributed by atoms with E-state index < -0.39 is 0 Å². The van der Waals surface area contributed by atoms with E-state index in [-0.39, 0.29) is 11.9 Å². The highest BCUT2D eigenvalue weighted by atomic mass is 16.1. The van der Waals surface area contributed by atoms with Crippen LogP contribution in [0.2, 0.25) is 0 Å². The van der Waals surface area contributed by atoms with Crippen LogP contribution in [0.15, 0.2) is 18.3 Å². The molecule has 1 unspecified atom stereocenters. The van der Waals surface area contributed by atoms with Crippen LogP contribution in [-0.2, 0) is 11.3 Å². The van der Waals surface area contributed by atoms with Crippen LogP contribution < -0.4 is 11.1 Å². The number of anilines is 1. The molecule has 0 radical (unpaired) electrons. The molecule has 1 aromatic heterocycles. The standard InChI is InChI=1S/C12H18N4O/c1-14-11-5-4-9(7-15-11)8-16-6-2-3-10(16)12(13)17/h4-5,7,10H,2-3,6,8H2,1H3,(H2,13,17)(H,14,15). The lowest BCUT2D eigenvalue weighted by Crippen LogP contribution is -2.39. The maximum Gasteiger partial charge on any atom is 0.234 e. The van der Waals surface area contributed by atoms with Crippen molar-refractivity contribution in [3.05, 3.63) is 23.9 Å². The summed E-state index contributed by atoms with van der Waals surface area (Å²) in [6.07, 6.45) is 3.75. The van der Waals surface area contributed by atoms with Crippen molar-refractivity contribution in [2.75, 3.05) is 18.9 Å². The fourth-order valence-corrected chi connectivity index (χ4v) is 2.24. The summed E-state index contributed by atoms with van der Waals surface area (Å²) >= 11 is 0. The fraction of sp³-hybridized carbons (Fsp3) is 0.500. The number of primary amides is 1. The van der Waals surface area contributed by atoms with Gasteiger partial charge in [0.2, 0.25) is 5.91 Å². The van der Waals surface area contributed by atoms with Gasteiger partial charge in [-0.05, 0) is 31.0 Å². The molecule has 1 aliphatic rings. The highest BCUT2D eigenvalue weighted by Gasteiger charge is 2.28. The van der Waals surface area contributed by atoms with Gasteiger partial charge in [-0.3, -0.25) is 9.69 Å². The third-order valence-corrected chi connectivity index (χ3v) is 3.16. The predicted molar refractivity (Wildman–Crippen MR) is 66.4 cm³/mol. The predicted octanol–water partition coefficient (Wildman–Crippen LogP) is 0.573. The monoisotopic (exact) mass is 234 g/mol. The zero-order valence-electron chi connectivity index (χ0n) is 10.0. The van der Waals surface area contributed by atoms with Crippen LogP contribution in [0.5, 0.6) is 0 Å². The van der Waals surface area contributed by atoms with Crippen molar-refractivity contribution in [2.24, 2.45) is 5.73 Å². The van der Waals surface area contributed by atoms with Gasteiger partial charge in [-0.25, -0.2) is 4.98 Å². The van der Waals surface area contributed by atoms with Gasteiger partial charge < -0.3 is 11.1 Å². The summed E-state index contributed by atoms with van der Waals surface area (Å²) in [5.74, 6) is 0.629. The molecule has 0 saturated carbocycles. The molecule has 1 atom stereocenters. The van der Waals surface area contributed by atoms with E-state index in [4.69, 9.17) is 5.73 Å². The van der Waals surface area contributed by atoms with E-state index in [1.165, 1.54) is 0 Å². The fourth-order valence-electron chi connectivity index (χ4n) is 2.24. The molecule has 0 bridgehead atoms. The first-order chi connectivity index (χ1) is 8.20. The minimum Gasteiger partial charge on any atom is -0.373 e. The molecule has 92 valence electrons. The first kappa shape index (κ1) is 11.9. The van der Waals surface area contributed by atoms with Crippen LogP contribution in [0.25, 0.3) is 0 Å². The molecule has 1 aromatic rings. The van der Waals surface area contributed by atoms with E-state index in [9.17, 15) is 4.79 Å². The number of pyridine rings is 1. The Hall–Kier alpha value is -1.62. The Labute approximate surface area is 101 Å². The number of amides is 1. The Morgan fingerprint density at radius 3 is 3.06 bits per heavy atom. The SMILES string of the molecule is CNc1ccc(CN2CCCC2C(N)=O)cn1. The number of likely N-dealkylation sites (tertiary alicyclic amines) is 1. The van der Waals surface area contributed by atoms with Crippen LogP contribution in [-0.4, -0.2) is 35.4 Å². The van der Waals surface area contributed by atoms with E-state index in [0.29, 0.717) is 0 Å². The van der Waals surface area contributed by atoms with E-state index in [1.54, 1.807) is 0 Å². The molecule has 1 fully saturated rings. The topological polar surface area (TPSA) is 71.2 Å². The molecule has 1 amide bonds. The Bertz CT molecular complexity index is 390. The number of nitrogens with zero attached hydrogens (tertiary/aromatic N) is 2. The van der Waals surface area contributed by atoms with E-state index in [0.717, 1.165) is 37.3 Å². The molecule has 5 heteroatoms. The Morgan fingerprint density at radius 1 is 1.65 bits per heavy atom. The zero-order chi connectivity index (χ0) is 12.3. The van der Waals surface area contributed by atoms with Crippen LogP contribution in [0.4, 0.5) is 5.82 Å². The molecule has 3 N–H and O–H groups in total. The third kappa shape index (κ3) is 2.74. The number of nitrogens with two attached hydrogens (primary N) is 1. The maximum atomic E-state index is 11.3. The number of carbonyl (C=O) groups is 1. The third-order valence-electron chi connectivity index (χ3n) is 3.16. The molecule has 0 spiro atoms. The second-order valence-corrected chi connectivity index (χ2v) is 4.33. The molecular weight excluding hydrogens is 216 g/mol. The molecule has 0 aromatic carbocycles. The first-order valence-electron chi connectivity index (χ1n) is 5.87. The molecule has 1 aliphatic heterocycles. The molecule has 2 heterocycles. The second-order valence-electron chi connectivity index (χ2n) is 4.33. The highest BCUT2D eigenvalue weighted by molar-refractivity contribution is 5.80. The molecule has 1 saturated heterocycles. The summed E-state index contributed by atoms with van der Waals surface area (Å²) in [5.41, 5.74) is 6.49. The zero-order valence-corrected chi connectivity index (χ0v) is 10.0. The molecule has 2 rings (SSSR count). The number of nitrogens with one attached hydrogen (secondary N) is 1. The summed E-state index contributed by atoms with van der Waals surface area (Å²) < 4.78 is 0. The van der Waals surface area contributed by atoms with Crippen LogP contribution in [0.1, 0.15) is 18.4 Å². The second kappa shape index (κ2) is 5.14. The first-order valence-corrected chi connectivity index (χ1v) is 5.87. The average molecular weight is 234 g/mol. The Morgan fingerprint density at radius 2 is 2.47 bits per heavy atom. The van der Waals surface area contributed by atoms with Gasteiger partial charge in [0.1, 0.15) is 5.82 Å². The molecule has 0 aliphatic carbocycles.